The Kier molecular flexibility index (Phi) is 5.03. The normalized spacial score (nSPS) is 22.5. The molecule has 1 heterocycles. The van der Waals surface area contributed by atoms with Crippen LogP contribution < -0.4 is 5.73 Å². The molecule has 1 atom stereocenters. The molecule has 1 aliphatic rings. The van der Waals surface area contributed by atoms with E-state index in [-0.39, 0.29) is 6.09 Å². The lowest BCUT2D eigenvalue weighted by Crippen LogP contribution is -2.57. The molecule has 0 bridgehead atoms. The van der Waals surface area contributed by atoms with Crippen LogP contribution in [0.1, 0.15) is 39.2 Å². The maximum atomic E-state index is 12.2. The Morgan fingerprint density at radius 1 is 1.36 bits per heavy atom. The van der Waals surface area contributed by atoms with Crippen molar-refractivity contribution in [3.8, 4) is 0 Å². The summed E-state index contributed by atoms with van der Waals surface area (Å²) in [7, 11) is 0. The van der Waals surface area contributed by atoms with Crippen molar-refractivity contribution >= 4 is 17.7 Å². The summed E-state index contributed by atoms with van der Waals surface area (Å²) in [6.07, 6.45) is 2.24. The van der Waals surface area contributed by atoms with E-state index in [1.165, 1.54) is 0 Å². The van der Waals surface area contributed by atoms with Crippen molar-refractivity contribution in [3.63, 3.8) is 0 Å². The lowest BCUT2D eigenvalue weighted by atomic mass is 9.84. The first-order chi connectivity index (χ1) is 10.2. The van der Waals surface area contributed by atoms with E-state index in [1.54, 1.807) is 4.90 Å². The molecule has 122 valence electrons. The average molecular weight is 325 g/mol. The third-order valence-corrected chi connectivity index (χ3v) is 3.98. The van der Waals surface area contributed by atoms with Crippen molar-refractivity contribution in [1.29, 1.82) is 0 Å². The number of benzene rings is 1. The highest BCUT2D eigenvalue weighted by Crippen LogP contribution is 2.25. The van der Waals surface area contributed by atoms with Gasteiger partial charge in [-0.1, -0.05) is 23.7 Å². The van der Waals surface area contributed by atoms with Crippen molar-refractivity contribution in [2.75, 3.05) is 13.1 Å². The van der Waals surface area contributed by atoms with Crippen LogP contribution in [0.2, 0.25) is 5.02 Å². The minimum absolute atomic E-state index is 0.280. The monoisotopic (exact) mass is 324 g/mol. The summed E-state index contributed by atoms with van der Waals surface area (Å²) in [5, 5.41) is 0.717. The second-order valence-electron chi connectivity index (χ2n) is 7.17. The molecule has 2 N–H and O–H groups in total. The van der Waals surface area contributed by atoms with Crippen LogP contribution in [0, 0.1) is 0 Å². The summed E-state index contributed by atoms with van der Waals surface area (Å²) < 4.78 is 5.45. The molecular weight excluding hydrogens is 300 g/mol. The Morgan fingerprint density at radius 3 is 2.59 bits per heavy atom. The number of nitrogens with two attached hydrogens (primary N) is 1. The van der Waals surface area contributed by atoms with Gasteiger partial charge in [-0.25, -0.2) is 4.79 Å². The Balaban J connectivity index is 2.02. The number of hydrogen-bond donors (Lipinski definition) is 1. The first-order valence-electron chi connectivity index (χ1n) is 7.68. The van der Waals surface area contributed by atoms with E-state index in [4.69, 9.17) is 22.1 Å². The number of piperidine rings is 1. The van der Waals surface area contributed by atoms with E-state index < -0.39 is 11.1 Å². The van der Waals surface area contributed by atoms with E-state index in [2.05, 4.69) is 0 Å². The van der Waals surface area contributed by atoms with Gasteiger partial charge in [-0.05, 0) is 57.7 Å². The number of carbonyl (C=O) groups excluding carboxylic acids is 1. The molecule has 1 amide bonds. The molecule has 0 unspecified atom stereocenters. The van der Waals surface area contributed by atoms with Gasteiger partial charge >= 0.3 is 6.09 Å². The van der Waals surface area contributed by atoms with Crippen LogP contribution in [0.5, 0.6) is 0 Å². The summed E-state index contributed by atoms with van der Waals surface area (Å²) in [5.74, 6) is 0. The number of halogens is 1. The summed E-state index contributed by atoms with van der Waals surface area (Å²) in [6.45, 7) is 6.84. The minimum Gasteiger partial charge on any atom is -0.444 e. The van der Waals surface area contributed by atoms with Crippen LogP contribution in [0.25, 0.3) is 0 Å². The molecule has 1 saturated heterocycles. The third kappa shape index (κ3) is 4.89. The van der Waals surface area contributed by atoms with E-state index in [9.17, 15) is 4.79 Å². The van der Waals surface area contributed by atoms with Gasteiger partial charge in [0.2, 0.25) is 0 Å². The fourth-order valence-corrected chi connectivity index (χ4v) is 2.92. The highest BCUT2D eigenvalue weighted by molar-refractivity contribution is 6.30. The second kappa shape index (κ2) is 6.47. The molecule has 0 radical (unpaired) electrons. The topological polar surface area (TPSA) is 55.6 Å². The van der Waals surface area contributed by atoms with Crippen LogP contribution >= 0.6 is 11.6 Å². The lowest BCUT2D eigenvalue weighted by Gasteiger charge is -2.40. The molecule has 0 saturated carbocycles. The quantitative estimate of drug-likeness (QED) is 0.904. The zero-order chi connectivity index (χ0) is 16.4. The summed E-state index contributed by atoms with van der Waals surface area (Å²) in [5.41, 5.74) is 6.78. The molecule has 1 aromatic rings. The van der Waals surface area contributed by atoms with Crippen molar-refractivity contribution in [3.05, 3.63) is 34.9 Å². The van der Waals surface area contributed by atoms with Gasteiger partial charge in [0.15, 0.2) is 0 Å². The Labute approximate surface area is 137 Å². The van der Waals surface area contributed by atoms with Crippen molar-refractivity contribution < 1.29 is 9.53 Å². The standard InChI is InChI=1S/C17H25ClN2O2/c1-16(2,3)22-15(21)20-10-4-9-17(19,12-20)11-13-5-7-14(18)8-6-13/h5-8H,4,9-12,19H2,1-3H3/t17-/m1/s1. The van der Waals surface area contributed by atoms with Crippen molar-refractivity contribution in [1.82, 2.24) is 4.90 Å². The van der Waals surface area contributed by atoms with E-state index >= 15 is 0 Å². The lowest BCUT2D eigenvalue weighted by molar-refractivity contribution is 0.0140. The SMILES string of the molecule is CC(C)(C)OC(=O)N1CCC[C@@](N)(Cc2ccc(Cl)cc2)C1. The molecule has 0 aromatic heterocycles. The van der Waals surface area contributed by atoms with Gasteiger partial charge in [0.25, 0.3) is 0 Å². The van der Waals surface area contributed by atoms with Gasteiger partial charge in [0.1, 0.15) is 5.60 Å². The molecule has 5 heteroatoms. The number of ether oxygens (including phenoxy) is 1. The number of rotatable bonds is 2. The molecule has 1 fully saturated rings. The zero-order valence-electron chi connectivity index (χ0n) is 13.6. The largest absolute Gasteiger partial charge is 0.444 e. The number of nitrogens with zero attached hydrogens (tertiary/aromatic N) is 1. The van der Waals surface area contributed by atoms with E-state index in [1.807, 2.05) is 45.0 Å². The number of amides is 1. The smallest absolute Gasteiger partial charge is 0.410 e. The maximum Gasteiger partial charge on any atom is 0.410 e. The van der Waals surface area contributed by atoms with Crippen LogP contribution in [-0.2, 0) is 11.2 Å². The molecule has 2 rings (SSSR count). The Bertz CT molecular complexity index is 524. The fourth-order valence-electron chi connectivity index (χ4n) is 2.80. The molecule has 0 spiro atoms. The average Bonchev–Trinajstić information content (AvgIpc) is 2.39. The molecule has 0 aliphatic carbocycles. The predicted molar refractivity (Wildman–Crippen MR) is 89.1 cm³/mol. The molecule has 1 aromatic carbocycles. The van der Waals surface area contributed by atoms with Crippen LogP contribution in [0.4, 0.5) is 4.79 Å². The number of likely N-dealkylation sites (tertiary alicyclic amines) is 1. The van der Waals surface area contributed by atoms with Crippen molar-refractivity contribution in [2.24, 2.45) is 5.73 Å². The van der Waals surface area contributed by atoms with Gasteiger partial charge in [-0.3, -0.25) is 0 Å². The van der Waals surface area contributed by atoms with Gasteiger partial charge in [-0.2, -0.15) is 0 Å². The van der Waals surface area contributed by atoms with Crippen LogP contribution in [-0.4, -0.2) is 35.2 Å². The van der Waals surface area contributed by atoms with E-state index in [0.29, 0.717) is 18.1 Å². The Morgan fingerprint density at radius 2 is 2.00 bits per heavy atom. The highest BCUT2D eigenvalue weighted by Gasteiger charge is 2.35. The molecule has 22 heavy (non-hydrogen) atoms. The van der Waals surface area contributed by atoms with Gasteiger partial charge < -0.3 is 15.4 Å². The number of hydrogen-bond acceptors (Lipinski definition) is 3. The zero-order valence-corrected chi connectivity index (χ0v) is 14.3. The van der Waals surface area contributed by atoms with Crippen molar-refractivity contribution in [2.45, 2.75) is 51.2 Å². The first-order valence-corrected chi connectivity index (χ1v) is 8.06. The number of carbonyl (C=O) groups is 1. The van der Waals surface area contributed by atoms with Gasteiger partial charge in [0.05, 0.1) is 0 Å². The fraction of sp³-hybridized carbons (Fsp3) is 0.588. The second-order valence-corrected chi connectivity index (χ2v) is 7.61. The summed E-state index contributed by atoms with van der Waals surface area (Å²) in [6, 6.07) is 7.72. The highest BCUT2D eigenvalue weighted by atomic mass is 35.5. The van der Waals surface area contributed by atoms with Gasteiger partial charge in [-0.15, -0.1) is 0 Å². The molecule has 1 aliphatic heterocycles. The molecular formula is C17H25ClN2O2. The van der Waals surface area contributed by atoms with E-state index in [0.717, 1.165) is 24.8 Å². The van der Waals surface area contributed by atoms with Gasteiger partial charge in [0, 0.05) is 23.7 Å². The minimum atomic E-state index is -0.484. The Hall–Kier alpha value is -1.26. The summed E-state index contributed by atoms with van der Waals surface area (Å²) >= 11 is 5.91. The molecule has 4 nitrogen and oxygen atoms in total. The van der Waals surface area contributed by atoms with Crippen LogP contribution in [0.3, 0.4) is 0 Å². The predicted octanol–water partition coefficient (Wildman–Crippen LogP) is 3.61. The third-order valence-electron chi connectivity index (χ3n) is 3.73. The first kappa shape index (κ1) is 17.1. The maximum absolute atomic E-state index is 12.2. The van der Waals surface area contributed by atoms with Crippen LogP contribution in [0.15, 0.2) is 24.3 Å². The summed E-state index contributed by atoms with van der Waals surface area (Å²) in [4.78, 5) is 14.0.